The SMILES string of the molecule is CC(N)c1nc(-c2cccnc2)no1. The van der Waals surface area contributed by atoms with E-state index >= 15 is 0 Å². The minimum atomic E-state index is -0.243. The van der Waals surface area contributed by atoms with Gasteiger partial charge in [-0.2, -0.15) is 4.98 Å². The average molecular weight is 190 g/mol. The molecule has 2 aromatic heterocycles. The molecule has 72 valence electrons. The molecule has 0 aliphatic rings. The van der Waals surface area contributed by atoms with Crippen LogP contribution in [0.3, 0.4) is 0 Å². The maximum atomic E-state index is 5.59. The Labute approximate surface area is 81.0 Å². The number of pyridine rings is 1. The second-order valence-corrected chi connectivity index (χ2v) is 2.99. The molecule has 2 N–H and O–H groups in total. The van der Waals surface area contributed by atoms with Crippen LogP contribution in [-0.2, 0) is 0 Å². The Morgan fingerprint density at radius 2 is 2.36 bits per heavy atom. The van der Waals surface area contributed by atoms with Crippen LogP contribution in [0.2, 0.25) is 0 Å². The van der Waals surface area contributed by atoms with Crippen molar-refractivity contribution in [2.45, 2.75) is 13.0 Å². The summed E-state index contributed by atoms with van der Waals surface area (Å²) in [5.41, 5.74) is 6.42. The van der Waals surface area contributed by atoms with Crippen molar-refractivity contribution in [2.24, 2.45) is 5.73 Å². The first kappa shape index (κ1) is 8.83. The number of hydrogen-bond acceptors (Lipinski definition) is 5. The van der Waals surface area contributed by atoms with E-state index in [-0.39, 0.29) is 6.04 Å². The standard InChI is InChI=1S/C9H10N4O/c1-6(10)9-12-8(13-14-9)7-3-2-4-11-5-7/h2-6H,10H2,1H3. The Kier molecular flexibility index (Phi) is 2.24. The molecule has 0 aromatic carbocycles. The van der Waals surface area contributed by atoms with Crippen LogP contribution >= 0.6 is 0 Å². The van der Waals surface area contributed by atoms with Gasteiger partial charge in [0.2, 0.25) is 11.7 Å². The van der Waals surface area contributed by atoms with Gasteiger partial charge in [-0.1, -0.05) is 5.16 Å². The van der Waals surface area contributed by atoms with Crippen molar-refractivity contribution in [1.29, 1.82) is 0 Å². The van der Waals surface area contributed by atoms with Gasteiger partial charge in [-0.05, 0) is 19.1 Å². The van der Waals surface area contributed by atoms with Crippen molar-refractivity contribution in [1.82, 2.24) is 15.1 Å². The molecule has 2 heterocycles. The molecule has 0 amide bonds. The summed E-state index contributed by atoms with van der Waals surface area (Å²) in [6.45, 7) is 1.79. The molecular weight excluding hydrogens is 180 g/mol. The summed E-state index contributed by atoms with van der Waals surface area (Å²) in [7, 11) is 0. The molecule has 5 nitrogen and oxygen atoms in total. The highest BCUT2D eigenvalue weighted by molar-refractivity contribution is 5.51. The molecule has 1 unspecified atom stereocenters. The molecule has 2 aromatic rings. The van der Waals surface area contributed by atoms with Crippen LogP contribution in [-0.4, -0.2) is 15.1 Å². The Morgan fingerprint density at radius 3 is 2.93 bits per heavy atom. The van der Waals surface area contributed by atoms with Crippen LogP contribution in [0.1, 0.15) is 18.9 Å². The number of rotatable bonds is 2. The third-order valence-corrected chi connectivity index (χ3v) is 1.75. The minimum absolute atomic E-state index is 0.243. The van der Waals surface area contributed by atoms with Gasteiger partial charge in [0.15, 0.2) is 0 Å². The van der Waals surface area contributed by atoms with Crippen molar-refractivity contribution in [3.63, 3.8) is 0 Å². The zero-order chi connectivity index (χ0) is 9.97. The molecule has 1 atom stereocenters. The van der Waals surface area contributed by atoms with Crippen molar-refractivity contribution in [3.8, 4) is 11.4 Å². The number of nitrogens with zero attached hydrogens (tertiary/aromatic N) is 3. The van der Waals surface area contributed by atoms with E-state index in [0.717, 1.165) is 5.56 Å². The summed E-state index contributed by atoms with van der Waals surface area (Å²) in [4.78, 5) is 8.10. The van der Waals surface area contributed by atoms with Gasteiger partial charge in [0, 0.05) is 18.0 Å². The maximum Gasteiger partial charge on any atom is 0.243 e. The number of aromatic nitrogens is 3. The van der Waals surface area contributed by atoms with Gasteiger partial charge >= 0.3 is 0 Å². The monoisotopic (exact) mass is 190 g/mol. The van der Waals surface area contributed by atoms with E-state index in [4.69, 9.17) is 10.3 Å². The first-order valence-electron chi connectivity index (χ1n) is 4.27. The van der Waals surface area contributed by atoms with Crippen LogP contribution in [0.4, 0.5) is 0 Å². The Hall–Kier alpha value is -1.75. The van der Waals surface area contributed by atoms with Crippen molar-refractivity contribution in [2.75, 3.05) is 0 Å². The van der Waals surface area contributed by atoms with E-state index in [1.54, 1.807) is 19.3 Å². The first-order chi connectivity index (χ1) is 6.77. The van der Waals surface area contributed by atoms with Crippen LogP contribution in [0.5, 0.6) is 0 Å². The quantitative estimate of drug-likeness (QED) is 0.768. The summed E-state index contributed by atoms with van der Waals surface area (Å²) in [5, 5.41) is 3.80. The lowest BCUT2D eigenvalue weighted by Crippen LogP contribution is -2.04. The Bertz CT molecular complexity index is 410. The van der Waals surface area contributed by atoms with Gasteiger partial charge < -0.3 is 10.3 Å². The fraction of sp³-hybridized carbons (Fsp3) is 0.222. The normalized spacial score (nSPS) is 12.7. The fourth-order valence-corrected chi connectivity index (χ4v) is 1.03. The van der Waals surface area contributed by atoms with E-state index in [9.17, 15) is 0 Å². The van der Waals surface area contributed by atoms with Crippen molar-refractivity contribution < 1.29 is 4.52 Å². The molecule has 0 spiro atoms. The highest BCUT2D eigenvalue weighted by atomic mass is 16.5. The molecular formula is C9H10N4O. The topological polar surface area (TPSA) is 77.8 Å². The molecule has 5 heteroatoms. The summed E-state index contributed by atoms with van der Waals surface area (Å²) < 4.78 is 4.97. The predicted octanol–water partition coefficient (Wildman–Crippen LogP) is 1.15. The summed E-state index contributed by atoms with van der Waals surface area (Å²) in [6.07, 6.45) is 3.37. The van der Waals surface area contributed by atoms with Crippen molar-refractivity contribution in [3.05, 3.63) is 30.4 Å². The highest BCUT2D eigenvalue weighted by Crippen LogP contribution is 2.15. The minimum Gasteiger partial charge on any atom is -0.337 e. The van der Waals surface area contributed by atoms with Crippen LogP contribution in [0, 0.1) is 0 Å². The third-order valence-electron chi connectivity index (χ3n) is 1.75. The van der Waals surface area contributed by atoms with Crippen molar-refractivity contribution >= 4 is 0 Å². The van der Waals surface area contributed by atoms with E-state index in [1.807, 2.05) is 12.1 Å². The fourth-order valence-electron chi connectivity index (χ4n) is 1.03. The largest absolute Gasteiger partial charge is 0.337 e. The van der Waals surface area contributed by atoms with Gasteiger partial charge in [-0.3, -0.25) is 4.98 Å². The molecule has 14 heavy (non-hydrogen) atoms. The van der Waals surface area contributed by atoms with E-state index in [0.29, 0.717) is 11.7 Å². The smallest absolute Gasteiger partial charge is 0.243 e. The number of nitrogens with two attached hydrogens (primary N) is 1. The molecule has 0 saturated carbocycles. The molecule has 0 aliphatic carbocycles. The maximum absolute atomic E-state index is 5.59. The highest BCUT2D eigenvalue weighted by Gasteiger charge is 2.11. The molecule has 0 fully saturated rings. The molecule has 2 rings (SSSR count). The lowest BCUT2D eigenvalue weighted by atomic mass is 10.3. The van der Waals surface area contributed by atoms with E-state index in [1.165, 1.54) is 0 Å². The molecule has 0 aliphatic heterocycles. The lowest BCUT2D eigenvalue weighted by molar-refractivity contribution is 0.362. The van der Waals surface area contributed by atoms with Gasteiger partial charge in [0.05, 0.1) is 6.04 Å². The van der Waals surface area contributed by atoms with Gasteiger partial charge in [0.25, 0.3) is 0 Å². The third kappa shape index (κ3) is 1.62. The first-order valence-corrected chi connectivity index (χ1v) is 4.27. The number of hydrogen-bond donors (Lipinski definition) is 1. The van der Waals surface area contributed by atoms with Gasteiger partial charge in [0.1, 0.15) is 0 Å². The molecule has 0 saturated heterocycles. The Morgan fingerprint density at radius 1 is 1.50 bits per heavy atom. The summed E-state index contributed by atoms with van der Waals surface area (Å²) in [5.74, 6) is 0.953. The second kappa shape index (κ2) is 3.55. The van der Waals surface area contributed by atoms with Crippen LogP contribution < -0.4 is 5.73 Å². The van der Waals surface area contributed by atoms with E-state index < -0.39 is 0 Å². The average Bonchev–Trinajstić information content (AvgIpc) is 2.68. The summed E-state index contributed by atoms with van der Waals surface area (Å²) in [6, 6.07) is 3.44. The van der Waals surface area contributed by atoms with Crippen LogP contribution in [0.25, 0.3) is 11.4 Å². The lowest BCUT2D eigenvalue weighted by Gasteiger charge is -1.93. The summed E-state index contributed by atoms with van der Waals surface area (Å²) >= 11 is 0. The second-order valence-electron chi connectivity index (χ2n) is 2.99. The zero-order valence-corrected chi connectivity index (χ0v) is 7.71. The molecule has 0 radical (unpaired) electrons. The van der Waals surface area contributed by atoms with Gasteiger partial charge in [-0.15, -0.1) is 0 Å². The Balaban J connectivity index is 2.34. The van der Waals surface area contributed by atoms with E-state index in [2.05, 4.69) is 15.1 Å². The predicted molar refractivity (Wildman–Crippen MR) is 50.1 cm³/mol. The molecule has 0 bridgehead atoms. The van der Waals surface area contributed by atoms with Gasteiger partial charge in [-0.25, -0.2) is 0 Å². The zero-order valence-electron chi connectivity index (χ0n) is 7.71. The van der Waals surface area contributed by atoms with Crippen LogP contribution in [0.15, 0.2) is 29.0 Å².